The van der Waals surface area contributed by atoms with Gasteiger partial charge in [-0.1, -0.05) is 43.7 Å². The third-order valence-corrected chi connectivity index (χ3v) is 6.47. The fourth-order valence-electron chi connectivity index (χ4n) is 4.11. The van der Waals surface area contributed by atoms with Gasteiger partial charge in [-0.2, -0.15) is 0 Å². The van der Waals surface area contributed by atoms with Crippen molar-refractivity contribution in [2.24, 2.45) is 17.3 Å². The first-order chi connectivity index (χ1) is 18.1. The fraction of sp³-hybridized carbons (Fsp3) is 0.484. The van der Waals surface area contributed by atoms with Gasteiger partial charge in [-0.3, -0.25) is 9.59 Å². The van der Waals surface area contributed by atoms with Crippen molar-refractivity contribution in [2.45, 2.75) is 59.5 Å². The lowest BCUT2D eigenvalue weighted by molar-refractivity contribution is -0.149. The fourth-order valence-corrected chi connectivity index (χ4v) is 4.11. The second-order valence-corrected chi connectivity index (χ2v) is 10.3. The molecule has 0 aromatic heterocycles. The lowest BCUT2D eigenvalue weighted by Crippen LogP contribution is -2.31. The number of carbonyl (C=O) groups is 2. The number of esters is 1. The predicted octanol–water partition coefficient (Wildman–Crippen LogP) is 6.25. The van der Waals surface area contributed by atoms with Gasteiger partial charge < -0.3 is 24.1 Å². The van der Waals surface area contributed by atoms with Gasteiger partial charge in [0.1, 0.15) is 23.9 Å². The van der Waals surface area contributed by atoms with E-state index >= 15 is 0 Å². The quantitative estimate of drug-likeness (QED) is 0.0641. The van der Waals surface area contributed by atoms with Crippen molar-refractivity contribution in [3.8, 4) is 11.5 Å². The topological polar surface area (TPSA) is 91.3 Å². The van der Waals surface area contributed by atoms with Gasteiger partial charge in [0.2, 0.25) is 0 Å². The van der Waals surface area contributed by atoms with Crippen molar-refractivity contribution in [3.63, 3.8) is 0 Å². The molecule has 7 heteroatoms. The van der Waals surface area contributed by atoms with E-state index in [9.17, 15) is 14.7 Å². The maximum absolute atomic E-state index is 13.2. The van der Waals surface area contributed by atoms with Crippen molar-refractivity contribution in [1.82, 2.24) is 0 Å². The highest BCUT2D eigenvalue weighted by molar-refractivity contribution is 5.79. The molecule has 1 aliphatic rings. The molecule has 0 saturated heterocycles. The highest BCUT2D eigenvalue weighted by atomic mass is 16.6. The van der Waals surface area contributed by atoms with Gasteiger partial charge in [-0.15, -0.1) is 6.58 Å². The van der Waals surface area contributed by atoms with Crippen LogP contribution in [0.3, 0.4) is 0 Å². The summed E-state index contributed by atoms with van der Waals surface area (Å²) in [5, 5.41) is 10.6. The Morgan fingerprint density at radius 1 is 1.32 bits per heavy atom. The molecule has 3 atom stereocenters. The van der Waals surface area contributed by atoms with Gasteiger partial charge in [0, 0.05) is 18.1 Å². The normalized spacial score (nSPS) is 17.7. The number of benzene rings is 1. The molecule has 2 unspecified atom stereocenters. The van der Waals surface area contributed by atoms with Gasteiger partial charge >= 0.3 is 5.97 Å². The van der Waals surface area contributed by atoms with Gasteiger partial charge in [0.25, 0.3) is 6.47 Å². The Morgan fingerprint density at radius 3 is 2.63 bits per heavy atom. The molecule has 0 bridgehead atoms. The third kappa shape index (κ3) is 9.53. The minimum Gasteiger partial charge on any atom is -0.496 e. The molecule has 7 nitrogen and oxygen atoms in total. The summed E-state index contributed by atoms with van der Waals surface area (Å²) in [4.78, 5) is 23.6. The molecule has 1 aromatic carbocycles. The molecule has 0 amide bonds. The van der Waals surface area contributed by atoms with Crippen LogP contribution in [-0.4, -0.2) is 37.9 Å². The van der Waals surface area contributed by atoms with Crippen LogP contribution in [0.5, 0.6) is 11.5 Å². The van der Waals surface area contributed by atoms with Crippen molar-refractivity contribution in [1.29, 1.82) is 0 Å². The van der Waals surface area contributed by atoms with Gasteiger partial charge in [0.15, 0.2) is 0 Å². The number of aliphatic hydroxyl groups is 1. The zero-order valence-corrected chi connectivity index (χ0v) is 23.3. The van der Waals surface area contributed by atoms with Crippen LogP contribution >= 0.6 is 0 Å². The lowest BCUT2D eigenvalue weighted by atomic mass is 9.76. The van der Waals surface area contributed by atoms with Crippen LogP contribution in [0.1, 0.15) is 65.0 Å². The number of hydrogen-bond acceptors (Lipinski definition) is 7. The van der Waals surface area contributed by atoms with Crippen molar-refractivity contribution in [3.05, 3.63) is 72.1 Å². The number of rotatable bonds is 17. The summed E-state index contributed by atoms with van der Waals surface area (Å²) < 4.78 is 22.1. The molecule has 0 heterocycles. The molecule has 38 heavy (non-hydrogen) atoms. The van der Waals surface area contributed by atoms with E-state index in [0.29, 0.717) is 60.4 Å². The zero-order chi connectivity index (χ0) is 28.1. The van der Waals surface area contributed by atoms with E-state index in [1.54, 1.807) is 37.5 Å². The van der Waals surface area contributed by atoms with Crippen LogP contribution in [0.25, 0.3) is 0 Å². The Kier molecular flexibility index (Phi) is 12.3. The lowest BCUT2D eigenvalue weighted by Gasteiger charge is -2.29. The number of hydrogen-bond donors (Lipinski definition) is 1. The largest absolute Gasteiger partial charge is 0.496 e. The molecular formula is C31H42O7. The SMILES string of the molecule is C=C[C@](C)(CC1C=CC1)C(=O)O/C(=C/C(C)=C\CCOC=O)COc1ccc(C(O)CC(C)C)c(OC)c1. The van der Waals surface area contributed by atoms with E-state index in [0.717, 1.165) is 12.0 Å². The molecule has 2 rings (SSSR count). The predicted molar refractivity (Wildman–Crippen MR) is 148 cm³/mol. The smallest absolute Gasteiger partial charge is 0.320 e. The summed E-state index contributed by atoms with van der Waals surface area (Å²) in [6, 6.07) is 5.27. The average molecular weight is 527 g/mol. The van der Waals surface area contributed by atoms with Crippen LogP contribution in [0.4, 0.5) is 0 Å². The zero-order valence-electron chi connectivity index (χ0n) is 23.3. The monoisotopic (exact) mass is 526 g/mol. The number of ether oxygens (including phenoxy) is 4. The van der Waals surface area contributed by atoms with E-state index < -0.39 is 17.5 Å². The highest BCUT2D eigenvalue weighted by Gasteiger charge is 2.35. The molecule has 0 saturated carbocycles. The maximum Gasteiger partial charge on any atom is 0.320 e. The number of carbonyl (C=O) groups excluding carboxylic acids is 2. The van der Waals surface area contributed by atoms with Gasteiger partial charge in [-0.25, -0.2) is 0 Å². The minimum atomic E-state index is -0.846. The van der Waals surface area contributed by atoms with Crippen molar-refractivity contribution >= 4 is 12.4 Å². The van der Waals surface area contributed by atoms with Crippen LogP contribution < -0.4 is 9.47 Å². The molecular weight excluding hydrogens is 484 g/mol. The molecule has 0 spiro atoms. The Hall–Kier alpha value is -3.32. The first-order valence-corrected chi connectivity index (χ1v) is 13.1. The average Bonchev–Trinajstić information content (AvgIpc) is 2.86. The molecule has 0 aliphatic heterocycles. The van der Waals surface area contributed by atoms with Gasteiger partial charge in [-0.05, 0) is 63.2 Å². The highest BCUT2D eigenvalue weighted by Crippen LogP contribution is 2.36. The molecule has 1 aliphatic carbocycles. The molecule has 208 valence electrons. The van der Waals surface area contributed by atoms with E-state index in [1.165, 1.54) is 0 Å². The van der Waals surface area contributed by atoms with Crippen molar-refractivity contribution < 1.29 is 33.6 Å². The first-order valence-electron chi connectivity index (χ1n) is 13.1. The Bertz CT molecular complexity index is 1040. The summed E-state index contributed by atoms with van der Waals surface area (Å²) in [6.07, 6.45) is 11.5. The van der Waals surface area contributed by atoms with E-state index in [4.69, 9.17) is 18.9 Å². The summed E-state index contributed by atoms with van der Waals surface area (Å²) in [5.74, 6) is 1.62. The van der Waals surface area contributed by atoms with Crippen LogP contribution in [0.2, 0.25) is 0 Å². The summed E-state index contributed by atoms with van der Waals surface area (Å²) >= 11 is 0. The standard InChI is InChI=1S/C31H42O7/c1-7-31(5,19-24-11-8-12-24)30(34)38-26(17-23(4)10-9-15-36-21-32)20-37-25-13-14-27(29(18-25)35-6)28(33)16-22(2)3/h7-8,10-11,13-14,17-18,21-22,24,28,33H,1,9,12,15-16,19-20H2,2-6H3/b23-10-,26-17+/t24?,28?,31-/m1/s1. The molecule has 1 aromatic rings. The summed E-state index contributed by atoms with van der Waals surface area (Å²) in [5.41, 5.74) is 0.679. The number of methoxy groups -OCH3 is 1. The summed E-state index contributed by atoms with van der Waals surface area (Å²) in [7, 11) is 1.55. The van der Waals surface area contributed by atoms with Crippen LogP contribution in [0.15, 0.2) is 66.5 Å². The van der Waals surface area contributed by atoms with Gasteiger partial charge in [0.05, 0.1) is 25.2 Å². The Labute approximate surface area is 226 Å². The Balaban J connectivity index is 2.21. The minimum absolute atomic E-state index is 0.00460. The second kappa shape index (κ2) is 15.2. The molecule has 0 radical (unpaired) electrons. The molecule has 0 fully saturated rings. The van der Waals surface area contributed by atoms with E-state index in [2.05, 4.69) is 18.7 Å². The first kappa shape index (κ1) is 30.9. The van der Waals surface area contributed by atoms with E-state index in [-0.39, 0.29) is 13.2 Å². The maximum atomic E-state index is 13.2. The summed E-state index contributed by atoms with van der Waals surface area (Å²) in [6.45, 7) is 12.4. The second-order valence-electron chi connectivity index (χ2n) is 10.3. The van der Waals surface area contributed by atoms with E-state index in [1.807, 2.05) is 33.8 Å². The molecule has 1 N–H and O–H groups in total. The van der Waals surface area contributed by atoms with Crippen LogP contribution in [-0.2, 0) is 19.1 Å². The van der Waals surface area contributed by atoms with Crippen LogP contribution in [0, 0.1) is 17.3 Å². The number of aliphatic hydroxyl groups excluding tert-OH is 1. The Morgan fingerprint density at radius 2 is 2.05 bits per heavy atom. The number of allylic oxidation sites excluding steroid dienone is 4. The third-order valence-electron chi connectivity index (χ3n) is 6.47. The van der Waals surface area contributed by atoms with Crippen molar-refractivity contribution in [2.75, 3.05) is 20.3 Å².